The Morgan fingerprint density at radius 1 is 1.44 bits per heavy atom. The van der Waals surface area contributed by atoms with E-state index in [9.17, 15) is 0 Å². The van der Waals surface area contributed by atoms with Crippen molar-refractivity contribution < 1.29 is 0 Å². The highest BCUT2D eigenvalue weighted by Gasteiger charge is 2.21. The van der Waals surface area contributed by atoms with Crippen molar-refractivity contribution in [3.05, 3.63) is 28.2 Å². The smallest absolute Gasteiger partial charge is 0.0380 e. The van der Waals surface area contributed by atoms with Gasteiger partial charge in [0.2, 0.25) is 0 Å². The fraction of sp³-hybridized carbons (Fsp3) is 0.600. The van der Waals surface area contributed by atoms with Gasteiger partial charge in [-0.3, -0.25) is 0 Å². The second-order valence-electron chi connectivity index (χ2n) is 5.25. The monoisotopic (exact) mass is 310 g/mol. The van der Waals surface area contributed by atoms with Crippen LogP contribution in [0.15, 0.2) is 22.7 Å². The second kappa shape index (κ2) is 6.07. The van der Waals surface area contributed by atoms with E-state index in [1.54, 1.807) is 0 Å². The average molecular weight is 311 g/mol. The first kappa shape index (κ1) is 13.9. The van der Waals surface area contributed by atoms with Crippen LogP contribution in [0.2, 0.25) is 0 Å². The number of nitrogens with zero attached hydrogens (tertiary/aromatic N) is 1. The van der Waals surface area contributed by atoms with Crippen molar-refractivity contribution in [2.45, 2.75) is 51.6 Å². The molecule has 1 aromatic rings. The van der Waals surface area contributed by atoms with Crippen LogP contribution < -0.4 is 10.6 Å². The summed E-state index contributed by atoms with van der Waals surface area (Å²) in [5, 5.41) is 0. The van der Waals surface area contributed by atoms with Crippen LogP contribution in [0.5, 0.6) is 0 Å². The maximum absolute atomic E-state index is 5.95. The summed E-state index contributed by atoms with van der Waals surface area (Å²) in [6.45, 7) is 5.49. The fourth-order valence-corrected chi connectivity index (χ4v) is 3.56. The summed E-state index contributed by atoms with van der Waals surface area (Å²) < 4.78 is 1.13. The summed E-state index contributed by atoms with van der Waals surface area (Å²) in [4.78, 5) is 2.55. The van der Waals surface area contributed by atoms with Crippen molar-refractivity contribution in [1.82, 2.24) is 0 Å². The molecule has 2 atom stereocenters. The lowest BCUT2D eigenvalue weighted by Crippen LogP contribution is -2.39. The van der Waals surface area contributed by atoms with E-state index in [4.69, 9.17) is 5.73 Å². The van der Waals surface area contributed by atoms with Crippen LogP contribution >= 0.6 is 15.9 Å². The Balaban J connectivity index is 2.24. The predicted molar refractivity (Wildman–Crippen MR) is 82.0 cm³/mol. The SMILES string of the molecule is CCC1CCCCN1c1ccc(C(C)N)c(Br)c1. The molecule has 0 aromatic heterocycles. The van der Waals surface area contributed by atoms with Gasteiger partial charge in [0.05, 0.1) is 0 Å². The quantitative estimate of drug-likeness (QED) is 0.905. The molecular formula is C15H23BrN2. The molecule has 2 unspecified atom stereocenters. The van der Waals surface area contributed by atoms with Gasteiger partial charge in [-0.1, -0.05) is 28.9 Å². The zero-order valence-corrected chi connectivity index (χ0v) is 12.9. The molecule has 1 aliphatic heterocycles. The van der Waals surface area contributed by atoms with Crippen molar-refractivity contribution in [3.8, 4) is 0 Å². The van der Waals surface area contributed by atoms with Crippen LogP contribution in [0.25, 0.3) is 0 Å². The molecule has 0 spiro atoms. The lowest BCUT2D eigenvalue weighted by atomic mass is 9.98. The highest BCUT2D eigenvalue weighted by atomic mass is 79.9. The van der Waals surface area contributed by atoms with Gasteiger partial charge in [0.1, 0.15) is 0 Å². The Morgan fingerprint density at radius 3 is 2.83 bits per heavy atom. The Hall–Kier alpha value is -0.540. The first-order valence-corrected chi connectivity index (χ1v) is 7.74. The zero-order chi connectivity index (χ0) is 13.1. The van der Waals surface area contributed by atoms with Crippen LogP contribution in [-0.4, -0.2) is 12.6 Å². The summed E-state index contributed by atoms with van der Waals surface area (Å²) in [5.74, 6) is 0. The number of anilines is 1. The molecule has 0 amide bonds. The molecule has 0 bridgehead atoms. The molecule has 1 aromatic carbocycles. The molecule has 2 rings (SSSR count). The lowest BCUT2D eigenvalue weighted by Gasteiger charge is -2.37. The minimum absolute atomic E-state index is 0.0803. The summed E-state index contributed by atoms with van der Waals surface area (Å²) in [7, 11) is 0. The molecule has 0 radical (unpaired) electrons. The van der Waals surface area contributed by atoms with E-state index in [0.29, 0.717) is 6.04 Å². The number of rotatable bonds is 3. The van der Waals surface area contributed by atoms with Crippen LogP contribution in [0.1, 0.15) is 51.1 Å². The maximum Gasteiger partial charge on any atom is 0.0380 e. The summed E-state index contributed by atoms with van der Waals surface area (Å²) in [6.07, 6.45) is 5.23. The van der Waals surface area contributed by atoms with Gasteiger partial charge in [-0.2, -0.15) is 0 Å². The van der Waals surface area contributed by atoms with Crippen LogP contribution in [0, 0.1) is 0 Å². The standard InChI is InChI=1S/C15H23BrN2/c1-3-12-6-4-5-9-18(12)13-7-8-14(11(2)17)15(16)10-13/h7-8,10-12H,3-6,9,17H2,1-2H3. The minimum atomic E-state index is 0.0803. The molecule has 1 heterocycles. The van der Waals surface area contributed by atoms with E-state index in [2.05, 4.69) is 46.0 Å². The molecule has 0 aliphatic carbocycles. The van der Waals surface area contributed by atoms with Gasteiger partial charge < -0.3 is 10.6 Å². The number of hydrogen-bond donors (Lipinski definition) is 1. The molecular weight excluding hydrogens is 288 g/mol. The zero-order valence-electron chi connectivity index (χ0n) is 11.3. The summed E-state index contributed by atoms with van der Waals surface area (Å²) in [5.41, 5.74) is 8.47. The normalized spacial score (nSPS) is 22.0. The Bertz CT molecular complexity index is 403. The van der Waals surface area contributed by atoms with E-state index in [1.807, 2.05) is 6.92 Å². The van der Waals surface area contributed by atoms with E-state index >= 15 is 0 Å². The van der Waals surface area contributed by atoms with Crippen molar-refractivity contribution >= 4 is 21.6 Å². The third kappa shape index (κ3) is 2.89. The Morgan fingerprint density at radius 2 is 2.22 bits per heavy atom. The van der Waals surface area contributed by atoms with Crippen LogP contribution in [0.3, 0.4) is 0 Å². The fourth-order valence-electron chi connectivity index (χ4n) is 2.83. The number of benzene rings is 1. The third-order valence-corrected chi connectivity index (χ3v) is 4.59. The van der Waals surface area contributed by atoms with Gasteiger partial charge >= 0.3 is 0 Å². The van der Waals surface area contributed by atoms with Crippen molar-refractivity contribution in [3.63, 3.8) is 0 Å². The molecule has 1 fully saturated rings. The molecule has 1 aliphatic rings. The van der Waals surface area contributed by atoms with Crippen LogP contribution in [0.4, 0.5) is 5.69 Å². The summed E-state index contributed by atoms with van der Waals surface area (Å²) in [6, 6.07) is 7.39. The van der Waals surface area contributed by atoms with Crippen molar-refractivity contribution in [2.75, 3.05) is 11.4 Å². The van der Waals surface area contributed by atoms with E-state index in [-0.39, 0.29) is 6.04 Å². The average Bonchev–Trinajstić information content (AvgIpc) is 2.38. The van der Waals surface area contributed by atoms with E-state index in [0.717, 1.165) is 4.47 Å². The maximum atomic E-state index is 5.95. The third-order valence-electron chi connectivity index (χ3n) is 3.90. The van der Waals surface area contributed by atoms with Crippen molar-refractivity contribution in [1.29, 1.82) is 0 Å². The molecule has 3 heteroatoms. The molecule has 100 valence electrons. The van der Waals surface area contributed by atoms with Gasteiger partial charge in [-0.05, 0) is 50.3 Å². The molecule has 1 saturated heterocycles. The number of halogens is 1. The van der Waals surface area contributed by atoms with Gasteiger partial charge in [0.15, 0.2) is 0 Å². The largest absolute Gasteiger partial charge is 0.369 e. The van der Waals surface area contributed by atoms with E-state index in [1.165, 1.54) is 43.5 Å². The lowest BCUT2D eigenvalue weighted by molar-refractivity contribution is 0.450. The topological polar surface area (TPSA) is 29.3 Å². The van der Waals surface area contributed by atoms with Gasteiger partial charge in [0.25, 0.3) is 0 Å². The first-order valence-electron chi connectivity index (χ1n) is 6.95. The molecule has 18 heavy (non-hydrogen) atoms. The first-order chi connectivity index (χ1) is 8.63. The van der Waals surface area contributed by atoms with Crippen molar-refractivity contribution in [2.24, 2.45) is 5.73 Å². The molecule has 0 saturated carbocycles. The Labute approximate surface area is 119 Å². The molecule has 2 N–H and O–H groups in total. The number of nitrogens with two attached hydrogens (primary N) is 1. The number of hydrogen-bond acceptors (Lipinski definition) is 2. The predicted octanol–water partition coefficient (Wildman–Crippen LogP) is 4.24. The second-order valence-corrected chi connectivity index (χ2v) is 6.10. The number of piperidine rings is 1. The van der Waals surface area contributed by atoms with Gasteiger partial charge in [0, 0.05) is 28.8 Å². The van der Waals surface area contributed by atoms with E-state index < -0.39 is 0 Å². The Kier molecular flexibility index (Phi) is 4.68. The van der Waals surface area contributed by atoms with Gasteiger partial charge in [-0.25, -0.2) is 0 Å². The highest BCUT2D eigenvalue weighted by Crippen LogP contribution is 2.31. The summed E-state index contributed by atoms with van der Waals surface area (Å²) >= 11 is 3.65. The highest BCUT2D eigenvalue weighted by molar-refractivity contribution is 9.10. The van der Waals surface area contributed by atoms with Gasteiger partial charge in [-0.15, -0.1) is 0 Å². The minimum Gasteiger partial charge on any atom is -0.369 e. The molecule has 2 nitrogen and oxygen atoms in total. The van der Waals surface area contributed by atoms with Crippen LogP contribution in [-0.2, 0) is 0 Å².